The molecule has 2 aliphatic rings. The summed E-state index contributed by atoms with van der Waals surface area (Å²) in [4.78, 5) is 30.9. The van der Waals surface area contributed by atoms with Crippen LogP contribution in [0.4, 0.5) is 5.13 Å². The molecule has 1 unspecified atom stereocenters. The van der Waals surface area contributed by atoms with E-state index in [2.05, 4.69) is 4.98 Å². The van der Waals surface area contributed by atoms with E-state index in [0.29, 0.717) is 6.54 Å². The molecule has 108 valence electrons. The zero-order valence-electron chi connectivity index (χ0n) is 11.4. The van der Waals surface area contributed by atoms with Gasteiger partial charge in [-0.2, -0.15) is 0 Å². The van der Waals surface area contributed by atoms with Crippen molar-refractivity contribution in [2.45, 2.75) is 44.9 Å². The highest BCUT2D eigenvalue weighted by Crippen LogP contribution is 2.33. The molecule has 0 bridgehead atoms. The lowest BCUT2D eigenvalue weighted by molar-refractivity contribution is -0.123. The number of aromatic nitrogens is 1. The van der Waals surface area contributed by atoms with Gasteiger partial charge < -0.3 is 5.73 Å². The van der Waals surface area contributed by atoms with Crippen LogP contribution in [-0.2, 0) is 22.4 Å². The number of fused-ring (bicyclic) bond motifs is 1. The average Bonchev–Trinajstić information content (AvgIpc) is 2.93. The van der Waals surface area contributed by atoms with Gasteiger partial charge in [-0.3, -0.25) is 14.5 Å². The van der Waals surface area contributed by atoms with Crippen molar-refractivity contribution in [2.75, 3.05) is 11.4 Å². The molecule has 0 radical (unpaired) electrons. The number of hydrogen-bond donors (Lipinski definition) is 1. The van der Waals surface area contributed by atoms with E-state index in [0.717, 1.165) is 23.7 Å². The summed E-state index contributed by atoms with van der Waals surface area (Å²) in [5.74, 6) is -0.791. The summed E-state index contributed by atoms with van der Waals surface area (Å²) in [5.41, 5.74) is 6.46. The van der Waals surface area contributed by atoms with Gasteiger partial charge in [0.15, 0.2) is 5.13 Å². The van der Waals surface area contributed by atoms with E-state index < -0.39 is 5.91 Å². The van der Waals surface area contributed by atoms with Gasteiger partial charge >= 0.3 is 0 Å². The Bertz CT molecular complexity index is 515. The molecule has 0 aromatic carbocycles. The molecule has 1 saturated heterocycles. The minimum absolute atomic E-state index is 0.0319. The molecule has 1 aromatic heterocycles. The van der Waals surface area contributed by atoms with E-state index in [9.17, 15) is 9.59 Å². The molecule has 1 atom stereocenters. The highest BCUT2D eigenvalue weighted by atomic mass is 32.1. The van der Waals surface area contributed by atoms with Gasteiger partial charge in [-0.05, 0) is 25.7 Å². The average molecular weight is 293 g/mol. The normalized spacial score (nSPS) is 23.3. The highest BCUT2D eigenvalue weighted by Gasteiger charge is 2.35. The molecule has 0 spiro atoms. The fourth-order valence-corrected chi connectivity index (χ4v) is 4.07. The first kappa shape index (κ1) is 13.5. The summed E-state index contributed by atoms with van der Waals surface area (Å²) in [6, 6.07) is 0. The number of aryl methyl sites for hydroxylation is 2. The molecule has 2 N–H and O–H groups in total. The van der Waals surface area contributed by atoms with Gasteiger partial charge in [0.2, 0.25) is 11.8 Å². The van der Waals surface area contributed by atoms with Crippen molar-refractivity contribution in [1.82, 2.24) is 4.98 Å². The van der Waals surface area contributed by atoms with Crippen molar-refractivity contribution < 1.29 is 9.59 Å². The van der Waals surface area contributed by atoms with Gasteiger partial charge in [-0.1, -0.05) is 12.8 Å². The van der Waals surface area contributed by atoms with Gasteiger partial charge in [0.05, 0.1) is 11.6 Å². The maximum absolute atomic E-state index is 12.0. The van der Waals surface area contributed by atoms with E-state index in [1.807, 2.05) is 0 Å². The quantitative estimate of drug-likeness (QED) is 0.900. The van der Waals surface area contributed by atoms with Crippen molar-refractivity contribution in [2.24, 2.45) is 11.7 Å². The molecule has 2 amide bonds. The monoisotopic (exact) mass is 293 g/mol. The van der Waals surface area contributed by atoms with Crippen molar-refractivity contribution in [3.8, 4) is 0 Å². The van der Waals surface area contributed by atoms with Crippen molar-refractivity contribution in [3.63, 3.8) is 0 Å². The molecule has 6 heteroatoms. The molecule has 2 heterocycles. The third-order valence-corrected chi connectivity index (χ3v) is 5.27. The fourth-order valence-electron chi connectivity index (χ4n) is 2.89. The SMILES string of the molecule is NC(=O)C1CC(=O)N(c2nc3c(s2)CCCCCC3)C1. The summed E-state index contributed by atoms with van der Waals surface area (Å²) < 4.78 is 0. The number of anilines is 1. The van der Waals surface area contributed by atoms with Crippen LogP contribution in [0.1, 0.15) is 42.7 Å². The summed E-state index contributed by atoms with van der Waals surface area (Å²) in [5, 5.41) is 0.755. The lowest BCUT2D eigenvalue weighted by Gasteiger charge is -2.11. The number of thiazole rings is 1. The molecule has 1 aliphatic carbocycles. The van der Waals surface area contributed by atoms with Crippen molar-refractivity contribution in [1.29, 1.82) is 0 Å². The van der Waals surface area contributed by atoms with Gasteiger partial charge in [0, 0.05) is 17.8 Å². The van der Waals surface area contributed by atoms with Crippen LogP contribution in [0.3, 0.4) is 0 Å². The molecule has 1 aliphatic heterocycles. The number of carbonyl (C=O) groups excluding carboxylic acids is 2. The van der Waals surface area contributed by atoms with Crippen LogP contribution >= 0.6 is 11.3 Å². The molecule has 20 heavy (non-hydrogen) atoms. The van der Waals surface area contributed by atoms with Crippen LogP contribution in [0.5, 0.6) is 0 Å². The lowest BCUT2D eigenvalue weighted by Crippen LogP contribution is -2.28. The summed E-state index contributed by atoms with van der Waals surface area (Å²) in [7, 11) is 0. The molecular formula is C14H19N3O2S. The van der Waals surface area contributed by atoms with Gasteiger partial charge in [0.25, 0.3) is 0 Å². The number of primary amides is 1. The Morgan fingerprint density at radius 1 is 1.25 bits per heavy atom. The van der Waals surface area contributed by atoms with Crippen molar-refractivity contribution in [3.05, 3.63) is 10.6 Å². The van der Waals surface area contributed by atoms with Crippen LogP contribution in [-0.4, -0.2) is 23.3 Å². The maximum atomic E-state index is 12.0. The second kappa shape index (κ2) is 5.52. The Morgan fingerprint density at radius 3 is 2.70 bits per heavy atom. The smallest absolute Gasteiger partial charge is 0.229 e. The first-order chi connectivity index (χ1) is 9.65. The molecule has 1 fully saturated rings. The van der Waals surface area contributed by atoms with Crippen LogP contribution < -0.4 is 10.6 Å². The van der Waals surface area contributed by atoms with Gasteiger partial charge in [-0.15, -0.1) is 11.3 Å². The van der Waals surface area contributed by atoms with Crippen LogP contribution in [0, 0.1) is 5.92 Å². The Hall–Kier alpha value is -1.43. The fraction of sp³-hybridized carbons (Fsp3) is 0.643. The zero-order valence-corrected chi connectivity index (χ0v) is 12.2. The first-order valence-corrected chi connectivity index (χ1v) is 8.05. The topological polar surface area (TPSA) is 76.3 Å². The Morgan fingerprint density at radius 2 is 2.00 bits per heavy atom. The molecule has 5 nitrogen and oxygen atoms in total. The number of rotatable bonds is 2. The maximum Gasteiger partial charge on any atom is 0.229 e. The molecular weight excluding hydrogens is 274 g/mol. The largest absolute Gasteiger partial charge is 0.369 e. The van der Waals surface area contributed by atoms with Crippen LogP contribution in [0.25, 0.3) is 0 Å². The first-order valence-electron chi connectivity index (χ1n) is 7.23. The highest BCUT2D eigenvalue weighted by molar-refractivity contribution is 7.16. The number of nitrogens with two attached hydrogens (primary N) is 1. The predicted octanol–water partition coefficient (Wildman–Crippen LogP) is 1.64. The summed E-state index contributed by atoms with van der Waals surface area (Å²) in [6.45, 7) is 0.389. The third kappa shape index (κ3) is 2.57. The second-order valence-corrected chi connectivity index (χ2v) is 6.65. The Balaban J connectivity index is 1.82. The Kier molecular flexibility index (Phi) is 3.74. The van der Waals surface area contributed by atoms with Gasteiger partial charge in [0.1, 0.15) is 0 Å². The Labute approximate surface area is 122 Å². The molecule has 3 rings (SSSR count). The summed E-state index contributed by atoms with van der Waals surface area (Å²) >= 11 is 1.61. The number of nitrogens with zero attached hydrogens (tertiary/aromatic N) is 2. The van der Waals surface area contributed by atoms with Crippen LogP contribution in [0.2, 0.25) is 0 Å². The zero-order chi connectivity index (χ0) is 14.1. The number of amides is 2. The van der Waals surface area contributed by atoms with Crippen molar-refractivity contribution >= 4 is 28.3 Å². The second-order valence-electron chi connectivity index (χ2n) is 5.59. The summed E-state index contributed by atoms with van der Waals surface area (Å²) in [6.07, 6.45) is 7.21. The third-order valence-electron chi connectivity index (χ3n) is 4.09. The van der Waals surface area contributed by atoms with Crippen LogP contribution in [0.15, 0.2) is 0 Å². The van der Waals surface area contributed by atoms with E-state index >= 15 is 0 Å². The molecule has 0 saturated carbocycles. The van der Waals surface area contributed by atoms with E-state index in [1.54, 1.807) is 16.2 Å². The predicted molar refractivity (Wildman–Crippen MR) is 77.6 cm³/mol. The van der Waals surface area contributed by atoms with E-state index in [-0.39, 0.29) is 18.2 Å². The molecule has 1 aromatic rings. The number of hydrogen-bond acceptors (Lipinski definition) is 4. The van der Waals surface area contributed by atoms with E-state index in [1.165, 1.54) is 30.6 Å². The number of carbonyl (C=O) groups is 2. The standard InChI is InChI=1S/C14H19N3O2S/c15-13(19)9-7-12(18)17(8-9)14-16-10-5-3-1-2-4-6-11(10)20-14/h9H,1-8H2,(H2,15,19). The van der Waals surface area contributed by atoms with E-state index in [4.69, 9.17) is 5.73 Å². The lowest BCUT2D eigenvalue weighted by atomic mass is 10.0. The van der Waals surface area contributed by atoms with Gasteiger partial charge in [-0.25, -0.2) is 4.98 Å². The minimum Gasteiger partial charge on any atom is -0.369 e. The minimum atomic E-state index is -0.393.